The zero-order chi connectivity index (χ0) is 14.3. The molecule has 0 saturated carbocycles. The first kappa shape index (κ1) is 16.7. The Balaban J connectivity index is 2.10. The van der Waals surface area contributed by atoms with Crippen LogP contribution in [0.15, 0.2) is 0 Å². The molecule has 0 bridgehead atoms. The molecule has 0 amide bonds. The molecule has 2 unspecified atom stereocenters. The summed E-state index contributed by atoms with van der Waals surface area (Å²) in [5.74, 6) is 0. The Morgan fingerprint density at radius 2 is 2.16 bits per heavy atom. The molecule has 1 rings (SSSR count). The SMILES string of the molecule is CCN1CCOC(CNC(C)CCCC(F)(F)F)C1. The van der Waals surface area contributed by atoms with Gasteiger partial charge < -0.3 is 10.1 Å². The van der Waals surface area contributed by atoms with Crippen molar-refractivity contribution in [2.45, 2.75) is 51.4 Å². The summed E-state index contributed by atoms with van der Waals surface area (Å²) < 4.78 is 41.7. The molecule has 0 aromatic carbocycles. The average Bonchev–Trinajstić information content (AvgIpc) is 2.35. The lowest BCUT2D eigenvalue weighted by Crippen LogP contribution is -2.47. The van der Waals surface area contributed by atoms with Gasteiger partial charge in [-0.05, 0) is 26.3 Å². The van der Waals surface area contributed by atoms with E-state index in [4.69, 9.17) is 4.74 Å². The fourth-order valence-electron chi connectivity index (χ4n) is 2.23. The van der Waals surface area contributed by atoms with E-state index in [0.29, 0.717) is 13.0 Å². The van der Waals surface area contributed by atoms with Crippen LogP contribution < -0.4 is 5.32 Å². The molecule has 2 atom stereocenters. The highest BCUT2D eigenvalue weighted by atomic mass is 19.4. The summed E-state index contributed by atoms with van der Waals surface area (Å²) in [6, 6.07) is 0.1000. The lowest BCUT2D eigenvalue weighted by Gasteiger charge is -2.32. The molecule has 0 aromatic rings. The van der Waals surface area contributed by atoms with Crippen molar-refractivity contribution in [3.63, 3.8) is 0 Å². The first-order valence-electron chi connectivity index (χ1n) is 7.04. The van der Waals surface area contributed by atoms with Crippen molar-refractivity contribution in [3.05, 3.63) is 0 Å². The number of morpholine rings is 1. The summed E-state index contributed by atoms with van der Waals surface area (Å²) in [7, 11) is 0. The Kier molecular flexibility index (Phi) is 7.10. The van der Waals surface area contributed by atoms with Crippen LogP contribution in [-0.4, -0.2) is 56.0 Å². The van der Waals surface area contributed by atoms with Crippen LogP contribution in [0.3, 0.4) is 0 Å². The van der Waals surface area contributed by atoms with Gasteiger partial charge in [0.1, 0.15) is 0 Å². The van der Waals surface area contributed by atoms with Crippen molar-refractivity contribution in [3.8, 4) is 0 Å². The summed E-state index contributed by atoms with van der Waals surface area (Å²) in [4.78, 5) is 2.32. The molecule has 0 spiro atoms. The van der Waals surface area contributed by atoms with Crippen LogP contribution in [0.4, 0.5) is 13.2 Å². The number of likely N-dealkylation sites (N-methyl/N-ethyl adjacent to an activating group) is 1. The first-order chi connectivity index (χ1) is 8.90. The number of rotatable bonds is 7. The minimum absolute atomic E-state index is 0.1000. The molecule has 1 N–H and O–H groups in total. The van der Waals surface area contributed by atoms with Crippen molar-refractivity contribution < 1.29 is 17.9 Å². The maximum atomic E-state index is 12.0. The van der Waals surface area contributed by atoms with E-state index in [-0.39, 0.29) is 18.6 Å². The number of halogens is 3. The fourth-order valence-corrected chi connectivity index (χ4v) is 2.23. The number of hydrogen-bond acceptors (Lipinski definition) is 3. The average molecular weight is 282 g/mol. The minimum Gasteiger partial charge on any atom is -0.374 e. The number of ether oxygens (including phenoxy) is 1. The van der Waals surface area contributed by atoms with Crippen LogP contribution in [0.2, 0.25) is 0 Å². The van der Waals surface area contributed by atoms with Gasteiger partial charge in [0, 0.05) is 32.1 Å². The van der Waals surface area contributed by atoms with Gasteiger partial charge in [-0.2, -0.15) is 13.2 Å². The van der Waals surface area contributed by atoms with E-state index in [9.17, 15) is 13.2 Å². The topological polar surface area (TPSA) is 24.5 Å². The van der Waals surface area contributed by atoms with Crippen LogP contribution in [-0.2, 0) is 4.74 Å². The summed E-state index contributed by atoms with van der Waals surface area (Å²) in [5.41, 5.74) is 0. The van der Waals surface area contributed by atoms with E-state index < -0.39 is 12.6 Å². The quantitative estimate of drug-likeness (QED) is 0.776. The van der Waals surface area contributed by atoms with Gasteiger partial charge in [-0.3, -0.25) is 4.90 Å². The molecular weight excluding hydrogens is 257 g/mol. The summed E-state index contributed by atoms with van der Waals surface area (Å²) >= 11 is 0. The van der Waals surface area contributed by atoms with Gasteiger partial charge in [0.05, 0.1) is 12.7 Å². The van der Waals surface area contributed by atoms with Crippen LogP contribution in [0, 0.1) is 0 Å². The standard InChI is InChI=1S/C13H25F3N2O/c1-3-18-7-8-19-12(10-18)9-17-11(2)5-4-6-13(14,15)16/h11-12,17H,3-10H2,1-2H3. The number of nitrogens with zero attached hydrogens (tertiary/aromatic N) is 1. The van der Waals surface area contributed by atoms with Crippen LogP contribution in [0.1, 0.15) is 33.1 Å². The first-order valence-corrected chi connectivity index (χ1v) is 7.04. The Morgan fingerprint density at radius 1 is 1.42 bits per heavy atom. The number of hydrogen-bond donors (Lipinski definition) is 1. The van der Waals surface area contributed by atoms with Crippen molar-refractivity contribution >= 4 is 0 Å². The maximum absolute atomic E-state index is 12.0. The lowest BCUT2D eigenvalue weighted by atomic mass is 10.1. The van der Waals surface area contributed by atoms with Crippen molar-refractivity contribution in [2.24, 2.45) is 0 Å². The molecule has 0 aliphatic carbocycles. The lowest BCUT2D eigenvalue weighted by molar-refractivity contribution is -0.135. The predicted molar refractivity (Wildman–Crippen MR) is 69.2 cm³/mol. The van der Waals surface area contributed by atoms with E-state index in [1.807, 2.05) is 6.92 Å². The second kappa shape index (κ2) is 8.07. The van der Waals surface area contributed by atoms with Gasteiger partial charge in [0.25, 0.3) is 0 Å². The Hall–Kier alpha value is -0.330. The second-order valence-corrected chi connectivity index (χ2v) is 5.20. The fraction of sp³-hybridized carbons (Fsp3) is 1.00. The maximum Gasteiger partial charge on any atom is 0.389 e. The third kappa shape index (κ3) is 7.74. The second-order valence-electron chi connectivity index (χ2n) is 5.20. The molecule has 0 radical (unpaired) electrons. The molecule has 19 heavy (non-hydrogen) atoms. The predicted octanol–water partition coefficient (Wildman–Crippen LogP) is 2.42. The Bertz CT molecular complexity index is 249. The Labute approximate surface area is 113 Å². The molecule has 1 aliphatic heterocycles. The largest absolute Gasteiger partial charge is 0.389 e. The van der Waals surface area contributed by atoms with Gasteiger partial charge in [0.15, 0.2) is 0 Å². The highest BCUT2D eigenvalue weighted by Crippen LogP contribution is 2.22. The zero-order valence-electron chi connectivity index (χ0n) is 11.8. The molecule has 1 saturated heterocycles. The van der Waals surface area contributed by atoms with Crippen LogP contribution >= 0.6 is 0 Å². The van der Waals surface area contributed by atoms with Crippen molar-refractivity contribution in [1.29, 1.82) is 0 Å². The highest BCUT2D eigenvalue weighted by molar-refractivity contribution is 4.74. The van der Waals surface area contributed by atoms with E-state index in [2.05, 4.69) is 17.1 Å². The van der Waals surface area contributed by atoms with Gasteiger partial charge >= 0.3 is 6.18 Å². The number of nitrogens with one attached hydrogen (secondary N) is 1. The summed E-state index contributed by atoms with van der Waals surface area (Å²) in [6.45, 7) is 8.38. The molecule has 3 nitrogen and oxygen atoms in total. The van der Waals surface area contributed by atoms with Crippen molar-refractivity contribution in [2.75, 3.05) is 32.8 Å². The molecule has 1 fully saturated rings. The third-order valence-corrected chi connectivity index (χ3v) is 3.46. The molecule has 6 heteroatoms. The normalized spacial score (nSPS) is 23.5. The highest BCUT2D eigenvalue weighted by Gasteiger charge is 2.26. The molecule has 1 aliphatic rings. The van der Waals surface area contributed by atoms with E-state index in [1.54, 1.807) is 0 Å². The van der Waals surface area contributed by atoms with Crippen LogP contribution in [0.25, 0.3) is 0 Å². The van der Waals surface area contributed by atoms with Crippen molar-refractivity contribution in [1.82, 2.24) is 10.2 Å². The van der Waals surface area contributed by atoms with E-state index in [1.165, 1.54) is 0 Å². The molecule has 0 aromatic heterocycles. The van der Waals surface area contributed by atoms with Gasteiger partial charge in [0.2, 0.25) is 0 Å². The monoisotopic (exact) mass is 282 g/mol. The van der Waals surface area contributed by atoms with E-state index in [0.717, 1.165) is 26.2 Å². The molecule has 114 valence electrons. The third-order valence-electron chi connectivity index (χ3n) is 3.46. The molecular formula is C13H25F3N2O. The van der Waals surface area contributed by atoms with Crippen LogP contribution in [0.5, 0.6) is 0 Å². The molecule has 1 heterocycles. The Morgan fingerprint density at radius 3 is 2.79 bits per heavy atom. The smallest absolute Gasteiger partial charge is 0.374 e. The minimum atomic E-state index is -4.03. The van der Waals surface area contributed by atoms with Gasteiger partial charge in [-0.1, -0.05) is 6.92 Å². The van der Waals surface area contributed by atoms with E-state index >= 15 is 0 Å². The zero-order valence-corrected chi connectivity index (χ0v) is 11.8. The van der Waals surface area contributed by atoms with Gasteiger partial charge in [-0.15, -0.1) is 0 Å². The van der Waals surface area contributed by atoms with Gasteiger partial charge in [-0.25, -0.2) is 0 Å². The summed E-state index contributed by atoms with van der Waals surface area (Å²) in [5, 5.41) is 3.26. The number of alkyl halides is 3. The summed E-state index contributed by atoms with van der Waals surface area (Å²) in [6.07, 6.45) is -3.84.